The average Bonchev–Trinajstić information content (AvgIpc) is 2.97. The predicted molar refractivity (Wildman–Crippen MR) is 174 cm³/mol. The SMILES string of the molecule is Cc1cccc(C)c1C(C(=O)Nc1ccc2ccccc2c1)N(CC#N)C(=O)C(Cc1ccc(O)cc1)NC(=O)OC(C)(C)C. The van der Waals surface area contributed by atoms with Gasteiger partial charge in [-0.3, -0.25) is 9.59 Å². The second kappa shape index (κ2) is 14.0. The number of aromatic hydroxyl groups is 1. The van der Waals surface area contributed by atoms with Crippen LogP contribution in [0.15, 0.2) is 84.9 Å². The molecule has 9 heteroatoms. The Bertz CT molecular complexity index is 1720. The van der Waals surface area contributed by atoms with Gasteiger partial charge in [0.2, 0.25) is 5.91 Å². The van der Waals surface area contributed by atoms with Crippen molar-refractivity contribution in [3.63, 3.8) is 0 Å². The van der Waals surface area contributed by atoms with Crippen molar-refractivity contribution in [1.82, 2.24) is 10.2 Å². The van der Waals surface area contributed by atoms with Crippen molar-refractivity contribution in [2.45, 2.75) is 58.7 Å². The number of nitriles is 1. The largest absolute Gasteiger partial charge is 0.508 e. The fraction of sp³-hybridized carbons (Fsp3) is 0.278. The number of nitrogens with one attached hydrogen (secondary N) is 2. The lowest BCUT2D eigenvalue weighted by Crippen LogP contribution is -2.53. The zero-order valence-corrected chi connectivity index (χ0v) is 26.1. The summed E-state index contributed by atoms with van der Waals surface area (Å²) < 4.78 is 5.45. The standard InChI is InChI=1S/C36H38N4O5/c1-23-9-8-10-24(2)31(23)32(33(42)38-28-16-15-26-11-6-7-12-27(26)22-28)40(20-19-37)34(43)30(39-35(44)45-36(3,4)5)21-25-13-17-29(41)18-14-25/h6-18,22,30,32,41H,20-21H2,1-5H3,(H,38,42)(H,39,44). The van der Waals surface area contributed by atoms with Gasteiger partial charge in [0.15, 0.2) is 0 Å². The fourth-order valence-electron chi connectivity index (χ4n) is 5.26. The minimum absolute atomic E-state index is 0.0199. The number of alkyl carbamates (subject to hydrolysis) is 1. The molecule has 0 heterocycles. The van der Waals surface area contributed by atoms with Gasteiger partial charge in [0.25, 0.3) is 5.91 Å². The van der Waals surface area contributed by atoms with E-state index in [1.165, 1.54) is 17.0 Å². The zero-order chi connectivity index (χ0) is 32.7. The number of phenolic OH excluding ortho intramolecular Hbond substituents is 1. The van der Waals surface area contributed by atoms with E-state index in [1.807, 2.05) is 74.5 Å². The van der Waals surface area contributed by atoms with E-state index in [-0.39, 0.29) is 12.2 Å². The highest BCUT2D eigenvalue weighted by atomic mass is 16.6. The molecule has 0 aromatic heterocycles. The van der Waals surface area contributed by atoms with Gasteiger partial charge in [-0.05, 0) is 91.9 Å². The van der Waals surface area contributed by atoms with Gasteiger partial charge in [-0.25, -0.2) is 4.79 Å². The molecule has 45 heavy (non-hydrogen) atoms. The lowest BCUT2D eigenvalue weighted by atomic mass is 9.93. The molecule has 2 unspecified atom stereocenters. The molecule has 0 aliphatic heterocycles. The normalized spacial score (nSPS) is 12.4. The van der Waals surface area contributed by atoms with E-state index >= 15 is 0 Å². The summed E-state index contributed by atoms with van der Waals surface area (Å²) in [6, 6.07) is 24.7. The van der Waals surface area contributed by atoms with Crippen LogP contribution in [0.2, 0.25) is 0 Å². The Morgan fingerprint density at radius 2 is 1.56 bits per heavy atom. The summed E-state index contributed by atoms with van der Waals surface area (Å²) in [5.41, 5.74) is 2.46. The summed E-state index contributed by atoms with van der Waals surface area (Å²) in [5.74, 6) is -1.10. The van der Waals surface area contributed by atoms with Crippen molar-refractivity contribution in [3.05, 3.63) is 107 Å². The van der Waals surface area contributed by atoms with Gasteiger partial charge < -0.3 is 25.4 Å². The third-order valence-corrected chi connectivity index (χ3v) is 7.28. The van der Waals surface area contributed by atoms with Crippen LogP contribution in [0.4, 0.5) is 10.5 Å². The maximum Gasteiger partial charge on any atom is 0.408 e. The molecule has 232 valence electrons. The van der Waals surface area contributed by atoms with Gasteiger partial charge in [0.05, 0.1) is 6.07 Å². The first-order valence-corrected chi connectivity index (χ1v) is 14.7. The number of carbonyl (C=O) groups is 3. The highest BCUT2D eigenvalue weighted by molar-refractivity contribution is 6.01. The number of ether oxygens (including phenoxy) is 1. The zero-order valence-electron chi connectivity index (χ0n) is 26.1. The smallest absolute Gasteiger partial charge is 0.408 e. The molecule has 9 nitrogen and oxygen atoms in total. The van der Waals surface area contributed by atoms with Crippen molar-refractivity contribution >= 4 is 34.4 Å². The Labute approximate surface area is 263 Å². The Morgan fingerprint density at radius 3 is 2.18 bits per heavy atom. The first-order chi connectivity index (χ1) is 21.4. The van der Waals surface area contributed by atoms with Gasteiger partial charge in [-0.1, -0.05) is 60.7 Å². The molecular weight excluding hydrogens is 568 g/mol. The van der Waals surface area contributed by atoms with Crippen molar-refractivity contribution < 1.29 is 24.2 Å². The minimum Gasteiger partial charge on any atom is -0.508 e. The van der Waals surface area contributed by atoms with Gasteiger partial charge in [-0.2, -0.15) is 5.26 Å². The van der Waals surface area contributed by atoms with Gasteiger partial charge >= 0.3 is 6.09 Å². The van der Waals surface area contributed by atoms with E-state index in [0.717, 1.165) is 21.9 Å². The number of aryl methyl sites for hydroxylation is 2. The molecule has 0 spiro atoms. The van der Waals surface area contributed by atoms with Crippen molar-refractivity contribution in [2.75, 3.05) is 11.9 Å². The number of amides is 3. The van der Waals surface area contributed by atoms with Crippen LogP contribution in [-0.2, 0) is 20.7 Å². The molecule has 4 aromatic rings. The third kappa shape index (κ3) is 8.39. The van der Waals surface area contributed by atoms with Gasteiger partial charge in [0, 0.05) is 12.1 Å². The van der Waals surface area contributed by atoms with Crippen LogP contribution >= 0.6 is 0 Å². The molecule has 4 rings (SSSR count). The summed E-state index contributed by atoms with van der Waals surface area (Å²) in [6.07, 6.45) is -0.799. The van der Waals surface area contributed by atoms with Gasteiger partial charge in [0.1, 0.15) is 30.0 Å². The van der Waals surface area contributed by atoms with Crippen molar-refractivity contribution in [3.8, 4) is 11.8 Å². The Balaban J connectivity index is 1.77. The molecule has 2 atom stereocenters. The number of hydrogen-bond acceptors (Lipinski definition) is 6. The molecule has 0 radical (unpaired) electrons. The van der Waals surface area contributed by atoms with Crippen LogP contribution in [0, 0.1) is 25.2 Å². The molecule has 0 aliphatic rings. The summed E-state index contributed by atoms with van der Waals surface area (Å²) in [7, 11) is 0. The summed E-state index contributed by atoms with van der Waals surface area (Å²) in [5, 5.41) is 27.3. The molecule has 0 saturated carbocycles. The molecule has 4 aromatic carbocycles. The van der Waals surface area contributed by atoms with Crippen LogP contribution in [0.5, 0.6) is 5.75 Å². The number of anilines is 1. The lowest BCUT2D eigenvalue weighted by Gasteiger charge is -2.34. The van der Waals surface area contributed by atoms with Gasteiger partial charge in [-0.15, -0.1) is 0 Å². The highest BCUT2D eigenvalue weighted by Gasteiger charge is 2.38. The van der Waals surface area contributed by atoms with E-state index in [0.29, 0.717) is 16.8 Å². The molecule has 0 saturated heterocycles. The topological polar surface area (TPSA) is 132 Å². The quantitative estimate of drug-likeness (QED) is 0.191. The molecule has 0 fully saturated rings. The summed E-state index contributed by atoms with van der Waals surface area (Å²) in [4.78, 5) is 42.8. The monoisotopic (exact) mass is 606 g/mol. The summed E-state index contributed by atoms with van der Waals surface area (Å²) in [6.45, 7) is 8.39. The molecule has 0 bridgehead atoms. The highest BCUT2D eigenvalue weighted by Crippen LogP contribution is 2.30. The van der Waals surface area contributed by atoms with E-state index < -0.39 is 42.1 Å². The van der Waals surface area contributed by atoms with E-state index in [4.69, 9.17) is 4.74 Å². The fourth-order valence-corrected chi connectivity index (χ4v) is 5.26. The van der Waals surface area contributed by atoms with Crippen LogP contribution in [-0.4, -0.2) is 46.1 Å². The Hall–Kier alpha value is -5.36. The predicted octanol–water partition coefficient (Wildman–Crippen LogP) is 6.33. The molecule has 3 amide bonds. The van der Waals surface area contributed by atoms with Crippen LogP contribution in [0.25, 0.3) is 10.8 Å². The number of benzene rings is 4. The van der Waals surface area contributed by atoms with E-state index in [9.17, 15) is 24.8 Å². The molecule has 0 aliphatic carbocycles. The number of nitrogens with zero attached hydrogens (tertiary/aromatic N) is 2. The van der Waals surface area contributed by atoms with Crippen LogP contribution < -0.4 is 10.6 Å². The molecule has 3 N–H and O–H groups in total. The van der Waals surface area contributed by atoms with Crippen molar-refractivity contribution in [1.29, 1.82) is 5.26 Å². The number of fused-ring (bicyclic) bond motifs is 1. The van der Waals surface area contributed by atoms with Crippen LogP contribution in [0.3, 0.4) is 0 Å². The summed E-state index contributed by atoms with van der Waals surface area (Å²) >= 11 is 0. The maximum absolute atomic E-state index is 14.4. The average molecular weight is 607 g/mol. The second-order valence-electron chi connectivity index (χ2n) is 12.0. The molecular formula is C36H38N4O5. The first kappa shape index (κ1) is 32.6. The van der Waals surface area contributed by atoms with Crippen molar-refractivity contribution in [2.24, 2.45) is 0 Å². The lowest BCUT2D eigenvalue weighted by molar-refractivity contribution is -0.140. The van der Waals surface area contributed by atoms with Crippen LogP contribution in [0.1, 0.15) is 49.1 Å². The number of phenols is 1. The Morgan fingerprint density at radius 1 is 0.911 bits per heavy atom. The number of rotatable bonds is 9. The maximum atomic E-state index is 14.4. The number of carbonyl (C=O) groups excluding carboxylic acids is 3. The second-order valence-corrected chi connectivity index (χ2v) is 12.0. The Kier molecular flexibility index (Phi) is 10.1. The third-order valence-electron chi connectivity index (χ3n) is 7.28. The number of hydrogen-bond donors (Lipinski definition) is 3. The van der Waals surface area contributed by atoms with E-state index in [2.05, 4.69) is 10.6 Å². The minimum atomic E-state index is -1.20. The first-order valence-electron chi connectivity index (χ1n) is 14.7. The van der Waals surface area contributed by atoms with E-state index in [1.54, 1.807) is 39.0 Å².